The number of likely N-dealkylation sites (tertiary alicyclic amines) is 1. The van der Waals surface area contributed by atoms with Crippen LogP contribution in [0, 0.1) is 21.4 Å². The van der Waals surface area contributed by atoms with Crippen molar-refractivity contribution in [2.75, 3.05) is 13.2 Å². The number of nitrogens with zero attached hydrogens (tertiary/aromatic N) is 4. The zero-order valence-electron chi connectivity index (χ0n) is 23.9. The third-order valence-electron chi connectivity index (χ3n) is 6.27. The lowest BCUT2D eigenvalue weighted by Gasteiger charge is -2.36. The zero-order chi connectivity index (χ0) is 29.2. The van der Waals surface area contributed by atoms with Crippen molar-refractivity contribution < 1.29 is 20.1 Å². The number of hydrogen-bond acceptors (Lipinski definition) is 7. The molecule has 0 aromatic heterocycles. The second kappa shape index (κ2) is 14.3. The fraction of sp³-hybridized carbons (Fsp3) is 0.448. The summed E-state index contributed by atoms with van der Waals surface area (Å²) in [5, 5.41) is 19.8. The first kappa shape index (κ1) is 28.8. The van der Waals surface area contributed by atoms with Crippen LogP contribution in [-0.2, 0) is 9.05 Å². The van der Waals surface area contributed by atoms with Gasteiger partial charge in [-0.25, -0.2) is 4.67 Å². The van der Waals surface area contributed by atoms with E-state index in [0.717, 1.165) is 11.1 Å². The third-order valence-corrected chi connectivity index (χ3v) is 8.45. The Kier molecular flexibility index (Phi) is 10.6. The van der Waals surface area contributed by atoms with Crippen LogP contribution >= 0.6 is 8.53 Å². The Morgan fingerprint density at radius 2 is 1.77 bits per heavy atom. The molecular weight excluding hydrogens is 515 g/mol. The van der Waals surface area contributed by atoms with Crippen LogP contribution in [0.25, 0.3) is 12.2 Å². The van der Waals surface area contributed by atoms with Crippen molar-refractivity contribution in [3.8, 4) is 6.07 Å². The molecule has 2 aromatic rings. The Labute approximate surface area is 233 Å². The first-order chi connectivity index (χ1) is 19.1. The quantitative estimate of drug-likeness (QED) is 0.0950. The molecule has 10 heteroatoms. The highest BCUT2D eigenvalue weighted by molar-refractivity contribution is 7.44. The van der Waals surface area contributed by atoms with Gasteiger partial charge in [0.1, 0.15) is 0 Å². The van der Waals surface area contributed by atoms with Crippen molar-refractivity contribution in [1.82, 2.24) is 9.57 Å². The number of carbonyl (C=O) groups is 1. The number of hydrogen-bond donors (Lipinski definition) is 0. The second-order valence-corrected chi connectivity index (χ2v) is 11.3. The highest BCUT2D eigenvalue weighted by Crippen LogP contribution is 2.48. The molecule has 3 atom stereocenters. The number of rotatable bonds is 12. The topological polar surface area (TPSA) is 109 Å². The molecule has 0 saturated carbocycles. The van der Waals surface area contributed by atoms with E-state index >= 15 is 0 Å². The molecule has 0 N–H and O–H groups in total. The average molecular weight is 554 g/mol. The molecule has 1 aliphatic rings. The van der Waals surface area contributed by atoms with Crippen molar-refractivity contribution >= 4 is 32.3 Å². The summed E-state index contributed by atoms with van der Waals surface area (Å²) in [6.45, 7) is 9.03. The number of nitro groups is 1. The van der Waals surface area contributed by atoms with E-state index in [2.05, 4.69) is 38.4 Å². The van der Waals surface area contributed by atoms with Gasteiger partial charge in [-0.1, -0.05) is 24.3 Å². The largest absolute Gasteiger partial charge is 0.333 e. The number of amides is 1. The lowest BCUT2D eigenvalue weighted by molar-refractivity contribution is -0.384. The van der Waals surface area contributed by atoms with Gasteiger partial charge in [-0.15, -0.1) is 0 Å². The summed E-state index contributed by atoms with van der Waals surface area (Å²) in [4.78, 5) is 25.5. The Bertz CT molecular complexity index is 1190. The Morgan fingerprint density at radius 1 is 1.18 bits per heavy atom. The number of carbonyl (C=O) groups excluding carboxylic acids is 1. The summed E-state index contributed by atoms with van der Waals surface area (Å²) < 4.78 is 22.7. The van der Waals surface area contributed by atoms with Gasteiger partial charge in [-0.2, -0.15) is 5.26 Å². The highest BCUT2D eigenvalue weighted by Gasteiger charge is 2.37. The van der Waals surface area contributed by atoms with E-state index in [0.29, 0.717) is 18.5 Å². The Hall–Kier alpha value is -3.15. The molecule has 9 nitrogen and oxygen atoms in total. The molecule has 1 aliphatic heterocycles. The smallest absolute Gasteiger partial charge is 0.269 e. The predicted octanol–water partition coefficient (Wildman–Crippen LogP) is 6.66. The molecular formula is C29H37N4O5P. The van der Waals surface area contributed by atoms with Gasteiger partial charge in [0.2, 0.25) is 0 Å². The molecule has 0 bridgehead atoms. The Balaban J connectivity index is 1.67. The van der Waals surface area contributed by atoms with Gasteiger partial charge < -0.3 is 13.9 Å². The predicted molar refractivity (Wildman–Crippen MR) is 154 cm³/mol. The molecule has 39 heavy (non-hydrogen) atoms. The minimum atomic E-state index is -1.43. The van der Waals surface area contributed by atoms with E-state index in [1.807, 2.05) is 24.3 Å². The summed E-state index contributed by atoms with van der Waals surface area (Å²) in [6, 6.07) is 15.7. The SMILES string of the molecule is [2H]C[C@@H]1C[C@@H](OP(OCCC#N)N(C(C)C)C(C)C)CN1C(=O)c1ccc(/C=C/c2ccc([N+](=O)[O-])cc2)cc1. The maximum absolute atomic E-state index is 13.4. The van der Waals surface area contributed by atoms with Crippen LogP contribution in [0.1, 0.15) is 70.3 Å². The lowest BCUT2D eigenvalue weighted by atomic mass is 10.1. The van der Waals surface area contributed by atoms with Crippen molar-refractivity contribution in [3.63, 3.8) is 0 Å². The van der Waals surface area contributed by atoms with Crippen molar-refractivity contribution in [3.05, 3.63) is 75.3 Å². The summed E-state index contributed by atoms with van der Waals surface area (Å²) in [5.41, 5.74) is 2.29. The highest BCUT2D eigenvalue weighted by atomic mass is 31.2. The van der Waals surface area contributed by atoms with Gasteiger partial charge in [-0.05, 0) is 76.4 Å². The summed E-state index contributed by atoms with van der Waals surface area (Å²) in [6.07, 6.45) is 4.29. The van der Waals surface area contributed by atoms with Gasteiger partial charge in [0.25, 0.3) is 20.1 Å². The Morgan fingerprint density at radius 3 is 2.28 bits per heavy atom. The second-order valence-electron chi connectivity index (χ2n) is 9.93. The first-order valence-electron chi connectivity index (χ1n) is 13.7. The van der Waals surface area contributed by atoms with E-state index in [1.165, 1.54) is 12.1 Å². The van der Waals surface area contributed by atoms with Gasteiger partial charge in [0, 0.05) is 43.7 Å². The van der Waals surface area contributed by atoms with E-state index in [-0.39, 0.29) is 55.8 Å². The van der Waals surface area contributed by atoms with Crippen LogP contribution < -0.4 is 0 Å². The van der Waals surface area contributed by atoms with Crippen molar-refractivity contribution in [2.24, 2.45) is 0 Å². The fourth-order valence-electron chi connectivity index (χ4n) is 4.42. The molecule has 0 aliphatic carbocycles. The molecule has 1 unspecified atom stereocenters. The number of non-ortho nitro benzene ring substituents is 1. The maximum atomic E-state index is 13.4. The van der Waals surface area contributed by atoms with Crippen LogP contribution in [-0.4, -0.2) is 57.8 Å². The van der Waals surface area contributed by atoms with E-state index in [9.17, 15) is 14.9 Å². The molecule has 208 valence electrons. The van der Waals surface area contributed by atoms with Gasteiger partial charge in [0.05, 0.1) is 30.1 Å². The van der Waals surface area contributed by atoms with Gasteiger partial charge >= 0.3 is 0 Å². The van der Waals surface area contributed by atoms with Crippen LogP contribution in [0.5, 0.6) is 0 Å². The van der Waals surface area contributed by atoms with Gasteiger partial charge in [0.15, 0.2) is 0 Å². The number of nitriles is 1. The van der Waals surface area contributed by atoms with Crippen LogP contribution in [0.15, 0.2) is 48.5 Å². The van der Waals surface area contributed by atoms with E-state index < -0.39 is 13.4 Å². The maximum Gasteiger partial charge on any atom is 0.269 e. The lowest BCUT2D eigenvalue weighted by Crippen LogP contribution is -2.36. The fourth-order valence-corrected chi connectivity index (χ4v) is 6.14. The average Bonchev–Trinajstić information content (AvgIpc) is 3.34. The molecule has 1 saturated heterocycles. The summed E-state index contributed by atoms with van der Waals surface area (Å²) in [7, 11) is -1.43. The zero-order valence-corrected chi connectivity index (χ0v) is 23.8. The van der Waals surface area contributed by atoms with Crippen molar-refractivity contribution in [1.29, 1.82) is 5.26 Å². The van der Waals surface area contributed by atoms with Crippen LogP contribution in [0.2, 0.25) is 0 Å². The number of nitro benzene ring substituents is 1. The van der Waals surface area contributed by atoms with Crippen LogP contribution in [0.4, 0.5) is 5.69 Å². The minimum absolute atomic E-state index is 0.0425. The molecule has 2 aromatic carbocycles. The minimum Gasteiger partial charge on any atom is -0.333 e. The summed E-state index contributed by atoms with van der Waals surface area (Å²) in [5.74, 6) is -0.145. The summed E-state index contributed by atoms with van der Waals surface area (Å²) >= 11 is 0. The third kappa shape index (κ3) is 8.42. The molecule has 1 heterocycles. The molecule has 1 fully saturated rings. The van der Waals surface area contributed by atoms with E-state index in [1.54, 1.807) is 29.2 Å². The monoisotopic (exact) mass is 553 g/mol. The van der Waals surface area contributed by atoms with Crippen molar-refractivity contribution in [2.45, 2.75) is 71.7 Å². The first-order valence-corrected chi connectivity index (χ1v) is 14.2. The van der Waals surface area contributed by atoms with Gasteiger partial charge in [-0.3, -0.25) is 14.9 Å². The molecule has 0 spiro atoms. The van der Waals surface area contributed by atoms with Crippen LogP contribution in [0.3, 0.4) is 0 Å². The molecule has 3 rings (SSSR count). The standard InChI is InChI=1S/C29H37N4O5P/c1-21(2)32(22(3)4)39(37-18-6-17-30)38-28-19-23(5)31(20-28)29(34)26-13-9-24(10-14-26)7-8-25-11-15-27(16-12-25)33(35)36/h7-16,21-23,28H,6,18-20H2,1-5H3/b8-7+/t23-,28-,39?/m1/s1/i5D. The number of benzene rings is 2. The molecule has 0 radical (unpaired) electrons. The molecule has 1 amide bonds. The normalized spacial score (nSPS) is 18.6. The van der Waals surface area contributed by atoms with E-state index in [4.69, 9.17) is 15.7 Å².